The predicted octanol–water partition coefficient (Wildman–Crippen LogP) is 2.07. The standard InChI is InChI=1S/C15H17N3O3/c1-3-16-10-12-7-8-14(17(2)15(12)19)11-5-4-6-13(9-11)18(20)21/h4-9,16H,3,10H2,1-2H3. The lowest BCUT2D eigenvalue weighted by molar-refractivity contribution is -0.384. The third kappa shape index (κ3) is 3.17. The lowest BCUT2D eigenvalue weighted by atomic mass is 10.1. The van der Waals surface area contributed by atoms with Gasteiger partial charge in [-0.05, 0) is 12.6 Å². The molecular weight excluding hydrogens is 270 g/mol. The molecule has 1 aromatic heterocycles. The second kappa shape index (κ2) is 6.32. The molecule has 1 aromatic carbocycles. The van der Waals surface area contributed by atoms with Crippen LogP contribution in [0.3, 0.4) is 0 Å². The molecule has 21 heavy (non-hydrogen) atoms. The summed E-state index contributed by atoms with van der Waals surface area (Å²) in [6.45, 7) is 3.27. The average Bonchev–Trinajstić information content (AvgIpc) is 2.49. The Morgan fingerprint density at radius 2 is 2.05 bits per heavy atom. The largest absolute Gasteiger partial charge is 0.313 e. The van der Waals surface area contributed by atoms with Crippen LogP contribution in [0.15, 0.2) is 41.2 Å². The van der Waals surface area contributed by atoms with E-state index in [1.807, 2.05) is 13.0 Å². The van der Waals surface area contributed by atoms with E-state index >= 15 is 0 Å². The minimum absolute atomic E-state index is 0.0108. The fourth-order valence-corrected chi connectivity index (χ4v) is 2.15. The van der Waals surface area contributed by atoms with Crippen molar-refractivity contribution in [1.29, 1.82) is 0 Å². The first-order valence-corrected chi connectivity index (χ1v) is 6.69. The lowest BCUT2D eigenvalue weighted by Crippen LogP contribution is -2.26. The second-order valence-electron chi connectivity index (χ2n) is 4.70. The van der Waals surface area contributed by atoms with E-state index in [2.05, 4.69) is 5.32 Å². The number of nitro benzene ring substituents is 1. The number of rotatable bonds is 5. The summed E-state index contributed by atoms with van der Waals surface area (Å²) in [6.07, 6.45) is 0. The molecule has 0 atom stereocenters. The number of aromatic nitrogens is 1. The topological polar surface area (TPSA) is 77.2 Å². The van der Waals surface area contributed by atoms with Gasteiger partial charge in [-0.3, -0.25) is 14.9 Å². The number of nitrogens with one attached hydrogen (secondary N) is 1. The Kier molecular flexibility index (Phi) is 4.49. The molecule has 0 spiro atoms. The van der Waals surface area contributed by atoms with Gasteiger partial charge in [-0.15, -0.1) is 0 Å². The van der Waals surface area contributed by atoms with Crippen LogP contribution in [-0.4, -0.2) is 16.0 Å². The van der Waals surface area contributed by atoms with Crippen molar-refractivity contribution in [3.8, 4) is 11.3 Å². The van der Waals surface area contributed by atoms with Crippen molar-refractivity contribution < 1.29 is 4.92 Å². The highest BCUT2D eigenvalue weighted by molar-refractivity contribution is 5.63. The second-order valence-corrected chi connectivity index (χ2v) is 4.70. The Balaban J connectivity index is 2.46. The zero-order chi connectivity index (χ0) is 15.4. The van der Waals surface area contributed by atoms with E-state index in [1.54, 1.807) is 25.2 Å². The van der Waals surface area contributed by atoms with Crippen LogP contribution in [-0.2, 0) is 13.6 Å². The van der Waals surface area contributed by atoms with Gasteiger partial charge in [0.05, 0.1) is 10.6 Å². The maximum Gasteiger partial charge on any atom is 0.270 e. The van der Waals surface area contributed by atoms with Crippen molar-refractivity contribution in [1.82, 2.24) is 9.88 Å². The molecule has 0 radical (unpaired) electrons. The fourth-order valence-electron chi connectivity index (χ4n) is 2.15. The molecule has 0 saturated carbocycles. The molecule has 0 unspecified atom stereocenters. The summed E-state index contributed by atoms with van der Waals surface area (Å²) >= 11 is 0. The first kappa shape index (κ1) is 14.9. The predicted molar refractivity (Wildman–Crippen MR) is 81.2 cm³/mol. The molecule has 0 fully saturated rings. The first-order chi connectivity index (χ1) is 10.0. The summed E-state index contributed by atoms with van der Waals surface area (Å²) in [7, 11) is 1.67. The number of benzene rings is 1. The van der Waals surface area contributed by atoms with Gasteiger partial charge in [0, 0.05) is 36.9 Å². The molecule has 2 rings (SSSR count). The molecule has 0 amide bonds. The molecule has 110 valence electrons. The van der Waals surface area contributed by atoms with Crippen LogP contribution in [0.5, 0.6) is 0 Å². The highest BCUT2D eigenvalue weighted by Crippen LogP contribution is 2.22. The summed E-state index contributed by atoms with van der Waals surface area (Å²) in [5.74, 6) is 0. The van der Waals surface area contributed by atoms with E-state index in [0.717, 1.165) is 6.54 Å². The smallest absolute Gasteiger partial charge is 0.270 e. The van der Waals surface area contributed by atoms with Crippen LogP contribution < -0.4 is 10.9 Å². The minimum atomic E-state index is -0.443. The summed E-state index contributed by atoms with van der Waals surface area (Å²) in [5.41, 5.74) is 1.90. The Morgan fingerprint density at radius 3 is 2.71 bits per heavy atom. The van der Waals surface area contributed by atoms with Crippen molar-refractivity contribution in [3.63, 3.8) is 0 Å². The van der Waals surface area contributed by atoms with Gasteiger partial charge in [0.25, 0.3) is 11.2 Å². The van der Waals surface area contributed by atoms with E-state index in [-0.39, 0.29) is 11.2 Å². The fraction of sp³-hybridized carbons (Fsp3) is 0.267. The molecule has 6 nitrogen and oxygen atoms in total. The highest BCUT2D eigenvalue weighted by atomic mass is 16.6. The van der Waals surface area contributed by atoms with E-state index < -0.39 is 4.92 Å². The van der Waals surface area contributed by atoms with Crippen molar-refractivity contribution in [3.05, 3.63) is 62.4 Å². The van der Waals surface area contributed by atoms with Gasteiger partial charge in [0.15, 0.2) is 0 Å². The van der Waals surface area contributed by atoms with Gasteiger partial charge >= 0.3 is 0 Å². The average molecular weight is 287 g/mol. The van der Waals surface area contributed by atoms with E-state index in [1.165, 1.54) is 16.7 Å². The summed E-state index contributed by atoms with van der Waals surface area (Å²) in [6, 6.07) is 9.85. The Hall–Kier alpha value is -2.47. The molecule has 1 N–H and O–H groups in total. The quantitative estimate of drug-likeness (QED) is 0.674. The Labute approximate surface area is 122 Å². The number of pyridine rings is 1. The lowest BCUT2D eigenvalue weighted by Gasteiger charge is -2.10. The molecule has 0 aliphatic heterocycles. The molecular formula is C15H17N3O3. The summed E-state index contributed by atoms with van der Waals surface area (Å²) < 4.78 is 1.52. The number of nitrogens with zero attached hydrogens (tertiary/aromatic N) is 2. The minimum Gasteiger partial charge on any atom is -0.313 e. The van der Waals surface area contributed by atoms with Gasteiger partial charge in [0.1, 0.15) is 0 Å². The summed E-state index contributed by atoms with van der Waals surface area (Å²) in [4.78, 5) is 22.7. The monoisotopic (exact) mass is 287 g/mol. The Morgan fingerprint density at radius 1 is 1.29 bits per heavy atom. The number of nitro groups is 1. The number of non-ortho nitro benzene ring substituents is 1. The number of hydrogen-bond donors (Lipinski definition) is 1. The van der Waals surface area contributed by atoms with E-state index in [9.17, 15) is 14.9 Å². The van der Waals surface area contributed by atoms with Gasteiger partial charge in [-0.1, -0.05) is 25.1 Å². The van der Waals surface area contributed by atoms with Crippen molar-refractivity contribution in [2.75, 3.05) is 6.54 Å². The van der Waals surface area contributed by atoms with Crippen LogP contribution in [0, 0.1) is 10.1 Å². The third-order valence-corrected chi connectivity index (χ3v) is 3.30. The van der Waals surface area contributed by atoms with Gasteiger partial charge in [0.2, 0.25) is 0 Å². The van der Waals surface area contributed by atoms with Crippen LogP contribution in [0.25, 0.3) is 11.3 Å². The van der Waals surface area contributed by atoms with Crippen molar-refractivity contribution >= 4 is 5.69 Å². The van der Waals surface area contributed by atoms with Crippen molar-refractivity contribution in [2.24, 2.45) is 7.05 Å². The van der Waals surface area contributed by atoms with Crippen LogP contribution in [0.4, 0.5) is 5.69 Å². The SMILES string of the molecule is CCNCc1ccc(-c2cccc([N+](=O)[O-])c2)n(C)c1=O. The molecule has 0 saturated heterocycles. The molecule has 0 aliphatic carbocycles. The van der Waals surface area contributed by atoms with Gasteiger partial charge in [-0.2, -0.15) is 0 Å². The maximum atomic E-state index is 12.3. The third-order valence-electron chi connectivity index (χ3n) is 3.30. The number of hydrogen-bond acceptors (Lipinski definition) is 4. The molecule has 1 heterocycles. The zero-order valence-electron chi connectivity index (χ0n) is 12.0. The van der Waals surface area contributed by atoms with Crippen molar-refractivity contribution in [2.45, 2.75) is 13.5 Å². The van der Waals surface area contributed by atoms with Crippen LogP contribution in [0.2, 0.25) is 0 Å². The van der Waals surface area contributed by atoms with Crippen LogP contribution in [0.1, 0.15) is 12.5 Å². The van der Waals surface area contributed by atoms with E-state index in [4.69, 9.17) is 0 Å². The zero-order valence-corrected chi connectivity index (χ0v) is 12.0. The molecule has 0 aliphatic rings. The molecule has 0 bridgehead atoms. The summed E-state index contributed by atoms with van der Waals surface area (Å²) in [5, 5.41) is 14.0. The Bertz CT molecular complexity index is 722. The first-order valence-electron chi connectivity index (χ1n) is 6.69. The molecule has 2 aromatic rings. The maximum absolute atomic E-state index is 12.3. The highest BCUT2D eigenvalue weighted by Gasteiger charge is 2.11. The normalized spacial score (nSPS) is 10.6. The van der Waals surface area contributed by atoms with Gasteiger partial charge < -0.3 is 9.88 Å². The van der Waals surface area contributed by atoms with E-state index in [0.29, 0.717) is 23.4 Å². The van der Waals surface area contributed by atoms with Crippen LogP contribution >= 0.6 is 0 Å². The van der Waals surface area contributed by atoms with Gasteiger partial charge in [-0.25, -0.2) is 0 Å². The molecule has 6 heteroatoms.